The van der Waals surface area contributed by atoms with Gasteiger partial charge < -0.3 is 4.98 Å². The third kappa shape index (κ3) is 5.51. The molecule has 0 aliphatic rings. The van der Waals surface area contributed by atoms with E-state index in [1.54, 1.807) is 18.2 Å². The number of imide groups is 1. The van der Waals surface area contributed by atoms with Crippen LogP contribution < -0.4 is 16.2 Å². The lowest BCUT2D eigenvalue weighted by Gasteiger charge is -2.06. The smallest absolute Gasteiger partial charge is 0.301 e. The summed E-state index contributed by atoms with van der Waals surface area (Å²) in [6.45, 7) is 0. The van der Waals surface area contributed by atoms with Crippen molar-refractivity contribution < 1.29 is 9.59 Å². The van der Waals surface area contributed by atoms with E-state index >= 15 is 0 Å². The molecular formula is C18H15N5O3S. The molecule has 136 valence electrons. The Morgan fingerprint density at radius 1 is 1.07 bits per heavy atom. The van der Waals surface area contributed by atoms with E-state index < -0.39 is 11.9 Å². The van der Waals surface area contributed by atoms with Crippen LogP contribution in [0.1, 0.15) is 0 Å². The van der Waals surface area contributed by atoms with E-state index in [1.807, 2.05) is 30.3 Å². The van der Waals surface area contributed by atoms with Gasteiger partial charge in [-0.25, -0.2) is 14.8 Å². The van der Waals surface area contributed by atoms with Crippen molar-refractivity contribution in [3.63, 3.8) is 0 Å². The third-order valence-corrected chi connectivity index (χ3v) is 4.16. The molecular weight excluding hydrogens is 366 g/mol. The van der Waals surface area contributed by atoms with Crippen LogP contribution in [-0.4, -0.2) is 32.6 Å². The van der Waals surface area contributed by atoms with Gasteiger partial charge in [0.1, 0.15) is 5.82 Å². The molecule has 3 aromatic rings. The van der Waals surface area contributed by atoms with Gasteiger partial charge in [0.15, 0.2) is 5.16 Å². The van der Waals surface area contributed by atoms with Crippen molar-refractivity contribution in [1.82, 2.24) is 20.3 Å². The molecule has 0 radical (unpaired) electrons. The van der Waals surface area contributed by atoms with Crippen LogP contribution in [0.2, 0.25) is 0 Å². The second kappa shape index (κ2) is 8.77. The quantitative estimate of drug-likeness (QED) is 0.461. The Bertz CT molecular complexity index is 993. The van der Waals surface area contributed by atoms with E-state index in [0.717, 1.165) is 17.3 Å². The van der Waals surface area contributed by atoms with Gasteiger partial charge in [-0.2, -0.15) is 0 Å². The first kappa shape index (κ1) is 18.3. The van der Waals surface area contributed by atoms with Crippen LogP contribution in [0.15, 0.2) is 70.7 Å². The van der Waals surface area contributed by atoms with Gasteiger partial charge in [-0.05, 0) is 12.1 Å². The zero-order valence-electron chi connectivity index (χ0n) is 14.0. The third-order valence-electron chi connectivity index (χ3n) is 3.29. The fraction of sp³-hybridized carbons (Fsp3) is 0.0556. The molecule has 0 spiro atoms. The molecule has 0 aliphatic carbocycles. The first-order valence-electron chi connectivity index (χ1n) is 7.91. The van der Waals surface area contributed by atoms with Gasteiger partial charge in [0.25, 0.3) is 5.56 Å². The number of nitrogens with one attached hydrogen (secondary N) is 3. The number of carbonyl (C=O) groups is 2. The number of pyridine rings is 1. The van der Waals surface area contributed by atoms with Crippen LogP contribution in [0.25, 0.3) is 11.3 Å². The second-order valence-electron chi connectivity index (χ2n) is 5.31. The number of aromatic amines is 1. The zero-order chi connectivity index (χ0) is 19.1. The van der Waals surface area contributed by atoms with E-state index in [4.69, 9.17) is 0 Å². The second-order valence-corrected chi connectivity index (χ2v) is 6.27. The maximum atomic E-state index is 11.9. The number of H-pyrrole nitrogens is 1. The topological polar surface area (TPSA) is 117 Å². The molecule has 3 rings (SSSR count). The number of benzene rings is 1. The van der Waals surface area contributed by atoms with Crippen molar-refractivity contribution in [3.8, 4) is 11.3 Å². The highest BCUT2D eigenvalue weighted by Crippen LogP contribution is 2.18. The summed E-state index contributed by atoms with van der Waals surface area (Å²) in [4.78, 5) is 46.4. The molecule has 2 heterocycles. The van der Waals surface area contributed by atoms with Crippen molar-refractivity contribution in [2.75, 3.05) is 11.1 Å². The van der Waals surface area contributed by atoms with Crippen molar-refractivity contribution in [3.05, 3.63) is 71.1 Å². The summed E-state index contributed by atoms with van der Waals surface area (Å²) in [6, 6.07) is 15.0. The molecule has 0 aliphatic heterocycles. The summed E-state index contributed by atoms with van der Waals surface area (Å²) in [5, 5.41) is 4.93. The highest BCUT2D eigenvalue weighted by molar-refractivity contribution is 7.99. The number of thioether (sulfide) groups is 1. The Balaban J connectivity index is 1.58. The molecule has 0 saturated heterocycles. The fourth-order valence-corrected chi connectivity index (χ4v) is 2.82. The van der Waals surface area contributed by atoms with E-state index in [0.29, 0.717) is 16.7 Å². The number of nitrogens with zero attached hydrogens (tertiary/aromatic N) is 2. The SMILES string of the molecule is O=C(CSc1nc(-c2ccccc2)cc(=O)[nH]1)NC(=O)Nc1ccccn1. The van der Waals surface area contributed by atoms with Crippen molar-refractivity contribution in [1.29, 1.82) is 0 Å². The van der Waals surface area contributed by atoms with Gasteiger partial charge in [0, 0.05) is 17.8 Å². The lowest BCUT2D eigenvalue weighted by atomic mass is 10.1. The van der Waals surface area contributed by atoms with Gasteiger partial charge in [0.2, 0.25) is 5.91 Å². The van der Waals surface area contributed by atoms with Crippen molar-refractivity contribution in [2.24, 2.45) is 0 Å². The molecule has 0 bridgehead atoms. The largest absolute Gasteiger partial charge is 0.327 e. The lowest BCUT2D eigenvalue weighted by molar-refractivity contribution is -0.117. The predicted molar refractivity (Wildman–Crippen MR) is 102 cm³/mol. The Hall–Kier alpha value is -3.46. The summed E-state index contributed by atoms with van der Waals surface area (Å²) in [7, 11) is 0. The summed E-state index contributed by atoms with van der Waals surface area (Å²) >= 11 is 1.03. The molecule has 0 fully saturated rings. The van der Waals surface area contributed by atoms with Gasteiger partial charge in [-0.1, -0.05) is 48.2 Å². The first-order chi connectivity index (χ1) is 13.1. The Labute approximate surface area is 158 Å². The molecule has 3 amide bonds. The number of rotatable bonds is 5. The van der Waals surface area contributed by atoms with E-state index in [1.165, 1.54) is 12.3 Å². The number of aromatic nitrogens is 3. The van der Waals surface area contributed by atoms with E-state index in [-0.39, 0.29) is 11.3 Å². The summed E-state index contributed by atoms with van der Waals surface area (Å²) < 4.78 is 0. The number of amides is 3. The number of anilines is 1. The normalized spacial score (nSPS) is 10.2. The van der Waals surface area contributed by atoms with E-state index in [2.05, 4.69) is 25.6 Å². The Kier molecular flexibility index (Phi) is 5.95. The highest BCUT2D eigenvalue weighted by Gasteiger charge is 2.11. The van der Waals surface area contributed by atoms with Crippen LogP contribution in [-0.2, 0) is 4.79 Å². The van der Waals surface area contributed by atoms with Crippen LogP contribution >= 0.6 is 11.8 Å². The molecule has 0 atom stereocenters. The summed E-state index contributed by atoms with van der Waals surface area (Å²) in [5.74, 6) is -0.283. The predicted octanol–water partition coefficient (Wildman–Crippen LogP) is 2.27. The standard InChI is InChI=1S/C18H15N5O3S/c24-15-10-13(12-6-2-1-3-7-12)20-18(23-15)27-11-16(25)22-17(26)21-14-8-4-5-9-19-14/h1-10H,11H2,(H,20,23,24)(H2,19,21,22,25,26). The minimum atomic E-state index is -0.682. The number of hydrogen-bond donors (Lipinski definition) is 3. The van der Waals surface area contributed by atoms with Crippen LogP contribution in [0, 0.1) is 0 Å². The van der Waals surface area contributed by atoms with Gasteiger partial charge >= 0.3 is 6.03 Å². The zero-order valence-corrected chi connectivity index (χ0v) is 14.8. The Morgan fingerprint density at radius 3 is 2.59 bits per heavy atom. The molecule has 8 nitrogen and oxygen atoms in total. The lowest BCUT2D eigenvalue weighted by Crippen LogP contribution is -2.35. The van der Waals surface area contributed by atoms with Gasteiger partial charge in [-0.15, -0.1) is 0 Å². The maximum Gasteiger partial charge on any atom is 0.327 e. The molecule has 3 N–H and O–H groups in total. The maximum absolute atomic E-state index is 11.9. The van der Waals surface area contributed by atoms with Gasteiger partial charge in [0.05, 0.1) is 11.4 Å². The molecule has 0 unspecified atom stereocenters. The number of urea groups is 1. The van der Waals surface area contributed by atoms with Crippen LogP contribution in [0.4, 0.5) is 10.6 Å². The van der Waals surface area contributed by atoms with Crippen molar-refractivity contribution in [2.45, 2.75) is 5.16 Å². The monoisotopic (exact) mass is 381 g/mol. The Morgan fingerprint density at radius 2 is 1.85 bits per heavy atom. The molecule has 1 aromatic carbocycles. The van der Waals surface area contributed by atoms with Crippen molar-refractivity contribution >= 4 is 29.5 Å². The number of hydrogen-bond acceptors (Lipinski definition) is 6. The molecule has 0 saturated carbocycles. The summed E-state index contributed by atoms with van der Waals surface area (Å²) in [6.07, 6.45) is 1.52. The average molecular weight is 381 g/mol. The van der Waals surface area contributed by atoms with Crippen LogP contribution in [0.3, 0.4) is 0 Å². The average Bonchev–Trinajstić information content (AvgIpc) is 2.67. The number of carbonyl (C=O) groups excluding carboxylic acids is 2. The first-order valence-corrected chi connectivity index (χ1v) is 8.90. The van der Waals surface area contributed by atoms with Crippen LogP contribution in [0.5, 0.6) is 0 Å². The minimum Gasteiger partial charge on any atom is -0.301 e. The summed E-state index contributed by atoms with van der Waals surface area (Å²) in [5.41, 5.74) is 0.986. The molecule has 2 aromatic heterocycles. The minimum absolute atomic E-state index is 0.0865. The fourth-order valence-electron chi connectivity index (χ4n) is 2.14. The highest BCUT2D eigenvalue weighted by atomic mass is 32.2. The van der Waals surface area contributed by atoms with E-state index in [9.17, 15) is 14.4 Å². The van der Waals surface area contributed by atoms with Gasteiger partial charge in [-0.3, -0.25) is 20.2 Å². The molecule has 9 heteroatoms. The molecule has 27 heavy (non-hydrogen) atoms.